The minimum atomic E-state index is -0.195. The SMILES string of the molecule is Cc1cc2c3c(c1)N(c1cc4c(cc1C)C(C)(C)CCC4(C)C)c1ccc(N(c4ccc(C(C)(C)C)cc4)c4ccc(C(C)(C)C)cc4)cc1B3N(c1ccc3c(c1)C(C)(C)CCC3(C)C)c1ccc3oc4ccccc4c3c1-2. The van der Waals surface area contributed by atoms with Crippen molar-refractivity contribution in [2.45, 2.75) is 169 Å². The first-order chi connectivity index (χ1) is 37.2. The van der Waals surface area contributed by atoms with Gasteiger partial charge in [0.15, 0.2) is 0 Å². The number of furan rings is 1. The lowest BCUT2D eigenvalue weighted by Gasteiger charge is -2.48. The van der Waals surface area contributed by atoms with Crippen LogP contribution < -0.4 is 25.5 Å². The number of fused-ring (bicyclic) bond motifs is 10. The molecule has 0 N–H and O–H groups in total. The van der Waals surface area contributed by atoms with Gasteiger partial charge in [-0.1, -0.05) is 158 Å². The smallest absolute Gasteiger partial charge is 0.333 e. The van der Waals surface area contributed by atoms with Gasteiger partial charge in [0.05, 0.1) is 0 Å². The Bertz CT molecular complexity index is 3910. The van der Waals surface area contributed by atoms with Gasteiger partial charge in [-0.25, -0.2) is 0 Å². The number of nitrogens with zero attached hydrogens (tertiary/aromatic N) is 3. The number of anilines is 8. The summed E-state index contributed by atoms with van der Waals surface area (Å²) in [5.41, 5.74) is 27.7. The second-order valence-corrected chi connectivity index (χ2v) is 28.9. The van der Waals surface area contributed by atoms with E-state index in [1.165, 1.54) is 113 Å². The molecular formula is C74H80BN3O. The summed E-state index contributed by atoms with van der Waals surface area (Å²) in [6.07, 6.45) is 4.63. The molecule has 79 heavy (non-hydrogen) atoms. The van der Waals surface area contributed by atoms with Crippen molar-refractivity contribution in [2.24, 2.45) is 0 Å². The third-order valence-electron chi connectivity index (χ3n) is 19.4. The minimum Gasteiger partial charge on any atom is -0.456 e. The van der Waals surface area contributed by atoms with Crippen molar-refractivity contribution in [3.8, 4) is 11.1 Å². The van der Waals surface area contributed by atoms with E-state index in [0.29, 0.717) is 0 Å². The molecule has 4 aliphatic rings. The average Bonchev–Trinajstić information content (AvgIpc) is 3.68. The zero-order valence-corrected chi connectivity index (χ0v) is 50.0. The maximum absolute atomic E-state index is 6.82. The molecule has 8 aromatic carbocycles. The van der Waals surface area contributed by atoms with Crippen molar-refractivity contribution in [3.05, 3.63) is 190 Å². The minimum absolute atomic E-state index is 0.0106. The highest BCUT2D eigenvalue weighted by atomic mass is 16.3. The number of hydrogen-bond acceptors (Lipinski definition) is 4. The van der Waals surface area contributed by atoms with Crippen LogP contribution in [-0.4, -0.2) is 6.85 Å². The molecular weight excluding hydrogens is 958 g/mol. The third kappa shape index (κ3) is 8.05. The molecule has 3 heterocycles. The number of para-hydroxylation sites is 1. The lowest BCUT2D eigenvalue weighted by atomic mass is 9.43. The summed E-state index contributed by atoms with van der Waals surface area (Å²) in [7, 11) is 0. The largest absolute Gasteiger partial charge is 0.456 e. The molecule has 0 atom stereocenters. The average molecular weight is 1040 g/mol. The van der Waals surface area contributed by atoms with Crippen LogP contribution in [0.25, 0.3) is 33.1 Å². The molecule has 13 rings (SSSR count). The fourth-order valence-corrected chi connectivity index (χ4v) is 14.4. The summed E-state index contributed by atoms with van der Waals surface area (Å²) < 4.78 is 6.82. The van der Waals surface area contributed by atoms with Crippen molar-refractivity contribution in [2.75, 3.05) is 14.6 Å². The van der Waals surface area contributed by atoms with Gasteiger partial charge in [0.2, 0.25) is 0 Å². The Morgan fingerprint density at radius 1 is 0.481 bits per heavy atom. The molecule has 0 saturated heterocycles. The van der Waals surface area contributed by atoms with Crippen LogP contribution in [0.1, 0.15) is 167 Å². The summed E-state index contributed by atoms with van der Waals surface area (Å²) in [4.78, 5) is 7.90. The van der Waals surface area contributed by atoms with Crippen molar-refractivity contribution in [1.82, 2.24) is 0 Å². The summed E-state index contributed by atoms with van der Waals surface area (Å²) in [6, 6.07) is 57.0. The van der Waals surface area contributed by atoms with E-state index >= 15 is 0 Å². The highest BCUT2D eigenvalue weighted by Gasteiger charge is 2.48. The Balaban J connectivity index is 1.15. The van der Waals surface area contributed by atoms with Crippen LogP contribution in [0.3, 0.4) is 0 Å². The van der Waals surface area contributed by atoms with Gasteiger partial charge in [0, 0.05) is 61.8 Å². The fraction of sp³-hybridized carbons (Fsp3) is 0.351. The number of hydrogen-bond donors (Lipinski definition) is 0. The Morgan fingerprint density at radius 3 is 1.63 bits per heavy atom. The van der Waals surface area contributed by atoms with Crippen molar-refractivity contribution in [3.63, 3.8) is 0 Å². The molecule has 2 aliphatic heterocycles. The number of benzene rings is 8. The lowest BCUT2D eigenvalue weighted by molar-refractivity contribution is 0.332. The summed E-state index contributed by atoms with van der Waals surface area (Å²) >= 11 is 0. The molecule has 1 aromatic heterocycles. The second-order valence-electron chi connectivity index (χ2n) is 28.9. The first-order valence-electron chi connectivity index (χ1n) is 29.4. The monoisotopic (exact) mass is 1040 g/mol. The van der Waals surface area contributed by atoms with Crippen LogP contribution in [0.15, 0.2) is 150 Å². The van der Waals surface area contributed by atoms with E-state index in [1.807, 2.05) is 0 Å². The van der Waals surface area contributed by atoms with Gasteiger partial charge in [0.25, 0.3) is 0 Å². The maximum Gasteiger partial charge on any atom is 0.333 e. The second kappa shape index (κ2) is 17.3. The molecule has 0 fully saturated rings. The molecule has 2 aliphatic carbocycles. The normalized spacial score (nSPS) is 17.5. The predicted octanol–water partition coefficient (Wildman–Crippen LogP) is 19.7. The number of aryl methyl sites for hydroxylation is 2. The van der Waals surface area contributed by atoms with E-state index in [9.17, 15) is 0 Å². The summed E-state index contributed by atoms with van der Waals surface area (Å²) in [5.74, 6) is 0. The topological polar surface area (TPSA) is 22.9 Å². The molecule has 0 saturated carbocycles. The van der Waals surface area contributed by atoms with E-state index in [2.05, 4.69) is 271 Å². The highest BCUT2D eigenvalue weighted by Crippen LogP contribution is 2.55. The van der Waals surface area contributed by atoms with Gasteiger partial charge >= 0.3 is 6.85 Å². The predicted molar refractivity (Wildman–Crippen MR) is 340 cm³/mol. The fourth-order valence-electron chi connectivity index (χ4n) is 14.4. The molecule has 0 radical (unpaired) electrons. The Labute approximate surface area is 472 Å². The standard InChI is InChI=1S/C74H80BN3O/c1-45-39-54-66-61(33-34-65-67(66)53-19-17-18-20-64(53)79-65)78(52-29-31-55-57(42-52)73(13,14)36-35-71(55,9)10)75-59-43-51(76(49-25-21-47(22-26-49)69(3,4)5)50-27-23-48(24-28-50)70(6,7)8)30-32-60(59)77(63(40-45)68(54)75)62-44-58-56(41-46(62)2)72(11,12)37-38-74(58,15)16/h17-34,39-44H,35-38H2,1-16H3. The quantitative estimate of drug-likeness (QED) is 0.160. The Hall–Kier alpha value is -6.98. The van der Waals surface area contributed by atoms with Crippen molar-refractivity contribution in [1.29, 1.82) is 0 Å². The summed E-state index contributed by atoms with van der Waals surface area (Å²) in [5, 5.41) is 2.32. The first kappa shape index (κ1) is 51.5. The molecule has 9 aromatic rings. The van der Waals surface area contributed by atoms with Crippen LogP contribution in [-0.2, 0) is 32.5 Å². The van der Waals surface area contributed by atoms with Gasteiger partial charge < -0.3 is 19.0 Å². The van der Waals surface area contributed by atoms with Gasteiger partial charge in [-0.3, -0.25) is 0 Å². The molecule has 0 unspecified atom stereocenters. The van der Waals surface area contributed by atoms with Gasteiger partial charge in [-0.05, 0) is 218 Å². The highest BCUT2D eigenvalue weighted by molar-refractivity contribution is 6.93. The van der Waals surface area contributed by atoms with Gasteiger partial charge in [-0.15, -0.1) is 0 Å². The zero-order valence-electron chi connectivity index (χ0n) is 50.0. The number of rotatable bonds is 5. The van der Waals surface area contributed by atoms with E-state index in [0.717, 1.165) is 46.5 Å². The first-order valence-corrected chi connectivity index (χ1v) is 29.4. The Kier molecular flexibility index (Phi) is 11.2. The maximum atomic E-state index is 6.82. The molecule has 5 heteroatoms. The van der Waals surface area contributed by atoms with Crippen LogP contribution in [0.5, 0.6) is 0 Å². The Morgan fingerprint density at radius 2 is 1.03 bits per heavy atom. The van der Waals surface area contributed by atoms with E-state index in [-0.39, 0.29) is 39.3 Å². The van der Waals surface area contributed by atoms with Gasteiger partial charge in [-0.2, -0.15) is 0 Å². The van der Waals surface area contributed by atoms with Crippen LogP contribution in [0, 0.1) is 13.8 Å². The van der Waals surface area contributed by atoms with Gasteiger partial charge in [0.1, 0.15) is 11.2 Å². The van der Waals surface area contributed by atoms with Crippen molar-refractivity contribution >= 4 is 85.2 Å². The van der Waals surface area contributed by atoms with E-state index in [1.54, 1.807) is 0 Å². The van der Waals surface area contributed by atoms with E-state index < -0.39 is 0 Å². The third-order valence-corrected chi connectivity index (χ3v) is 19.4. The van der Waals surface area contributed by atoms with Crippen LogP contribution >= 0.6 is 0 Å². The van der Waals surface area contributed by atoms with E-state index in [4.69, 9.17) is 4.42 Å². The zero-order chi connectivity index (χ0) is 55.7. The van der Waals surface area contributed by atoms with Crippen LogP contribution in [0.2, 0.25) is 0 Å². The molecule has 400 valence electrons. The summed E-state index contributed by atoms with van der Waals surface area (Å²) in [6.45, 7) is 37.9. The molecule has 0 amide bonds. The molecule has 4 nitrogen and oxygen atoms in total. The lowest BCUT2D eigenvalue weighted by Crippen LogP contribution is -2.61. The molecule has 0 bridgehead atoms. The molecule has 0 spiro atoms. The van der Waals surface area contributed by atoms with Crippen LogP contribution in [0.4, 0.5) is 45.5 Å². The van der Waals surface area contributed by atoms with Crippen molar-refractivity contribution < 1.29 is 4.42 Å².